The Morgan fingerprint density at radius 2 is 2.27 bits per heavy atom. The van der Waals surface area contributed by atoms with E-state index in [1.807, 2.05) is 13.8 Å². The molecule has 0 saturated carbocycles. The van der Waals surface area contributed by atoms with Crippen molar-refractivity contribution in [2.75, 3.05) is 0 Å². The van der Waals surface area contributed by atoms with Crippen LogP contribution < -0.4 is 0 Å². The Balaban J connectivity index is 2.29. The number of hydrogen-bond acceptors (Lipinski definition) is 5. The second kappa shape index (κ2) is 3.82. The van der Waals surface area contributed by atoms with Crippen LogP contribution in [0.1, 0.15) is 22.8 Å². The zero-order valence-electron chi connectivity index (χ0n) is 8.64. The predicted octanol–water partition coefficient (Wildman–Crippen LogP) is 0.424. The highest BCUT2D eigenvalue weighted by Gasteiger charge is 2.11. The molecule has 0 aliphatic heterocycles. The Kier molecular flexibility index (Phi) is 2.51. The van der Waals surface area contributed by atoms with Gasteiger partial charge in [-0.15, -0.1) is 0 Å². The first-order valence-electron chi connectivity index (χ1n) is 4.61. The number of aromatic nitrogens is 4. The second-order valence-electron chi connectivity index (χ2n) is 3.31. The topological polar surface area (TPSA) is 77.0 Å². The van der Waals surface area contributed by atoms with Crippen molar-refractivity contribution in [3.8, 4) is 0 Å². The molecule has 1 N–H and O–H groups in total. The van der Waals surface area contributed by atoms with Crippen LogP contribution in [0.25, 0.3) is 0 Å². The van der Waals surface area contributed by atoms with Crippen LogP contribution in [-0.2, 0) is 13.2 Å². The molecule has 0 atom stereocenters. The van der Waals surface area contributed by atoms with Crippen molar-refractivity contribution in [2.24, 2.45) is 0 Å². The molecule has 0 fully saturated rings. The van der Waals surface area contributed by atoms with Crippen molar-refractivity contribution in [1.29, 1.82) is 0 Å². The van der Waals surface area contributed by atoms with E-state index >= 15 is 0 Å². The van der Waals surface area contributed by atoms with Crippen molar-refractivity contribution in [3.05, 3.63) is 29.2 Å². The lowest BCUT2D eigenvalue weighted by atomic mass is 10.2. The van der Waals surface area contributed by atoms with Crippen molar-refractivity contribution < 1.29 is 9.63 Å². The second-order valence-corrected chi connectivity index (χ2v) is 3.31. The van der Waals surface area contributed by atoms with E-state index in [9.17, 15) is 0 Å². The van der Waals surface area contributed by atoms with Crippen LogP contribution >= 0.6 is 0 Å². The molecular weight excluding hydrogens is 196 g/mol. The maximum atomic E-state index is 9.14. The number of aliphatic hydroxyl groups excluding tert-OH is 1. The van der Waals surface area contributed by atoms with E-state index in [2.05, 4.69) is 19.8 Å². The molecule has 80 valence electrons. The minimum Gasteiger partial charge on any atom is -0.392 e. The molecule has 2 aromatic heterocycles. The average Bonchev–Trinajstić information content (AvgIpc) is 2.78. The molecule has 6 nitrogen and oxygen atoms in total. The van der Waals surface area contributed by atoms with E-state index in [1.54, 1.807) is 4.68 Å². The van der Waals surface area contributed by atoms with Crippen LogP contribution in [0.3, 0.4) is 0 Å². The first kappa shape index (κ1) is 9.85. The smallest absolute Gasteiger partial charge is 0.213 e. The highest BCUT2D eigenvalue weighted by atomic mass is 16.5. The van der Waals surface area contributed by atoms with Gasteiger partial charge in [0.2, 0.25) is 6.39 Å². The molecule has 2 heterocycles. The molecule has 2 rings (SSSR count). The number of rotatable bonds is 3. The monoisotopic (exact) mass is 208 g/mol. The van der Waals surface area contributed by atoms with Crippen LogP contribution in [0.4, 0.5) is 0 Å². The van der Waals surface area contributed by atoms with E-state index in [4.69, 9.17) is 5.11 Å². The molecular formula is C9H12N4O2. The number of aryl methyl sites for hydroxylation is 1. The molecule has 0 aliphatic rings. The first-order valence-corrected chi connectivity index (χ1v) is 4.61. The summed E-state index contributed by atoms with van der Waals surface area (Å²) in [6.45, 7) is 4.24. The van der Waals surface area contributed by atoms with Gasteiger partial charge in [-0.2, -0.15) is 10.1 Å². The summed E-state index contributed by atoms with van der Waals surface area (Å²) in [5.41, 5.74) is 2.62. The van der Waals surface area contributed by atoms with E-state index < -0.39 is 0 Å². The van der Waals surface area contributed by atoms with Gasteiger partial charge in [0.1, 0.15) is 6.54 Å². The van der Waals surface area contributed by atoms with Crippen molar-refractivity contribution in [3.63, 3.8) is 0 Å². The molecule has 0 aliphatic carbocycles. The Bertz CT molecular complexity index is 447. The molecule has 0 aromatic carbocycles. The lowest BCUT2D eigenvalue weighted by Gasteiger charge is -2.00. The molecule has 15 heavy (non-hydrogen) atoms. The lowest BCUT2D eigenvalue weighted by Crippen LogP contribution is -2.05. The molecule has 2 aromatic rings. The number of aliphatic hydroxyl groups is 1. The Hall–Kier alpha value is -1.69. The first-order chi connectivity index (χ1) is 7.22. The fourth-order valence-electron chi connectivity index (χ4n) is 1.51. The van der Waals surface area contributed by atoms with Gasteiger partial charge in [0.25, 0.3) is 0 Å². The molecule has 0 saturated heterocycles. The van der Waals surface area contributed by atoms with Gasteiger partial charge >= 0.3 is 0 Å². The van der Waals surface area contributed by atoms with Crippen LogP contribution in [0.2, 0.25) is 0 Å². The standard InChI is InChI=1S/C9H12N4O2/c1-6-8(4-14)7(2)13(11-6)3-9-10-5-15-12-9/h5,14H,3-4H2,1-2H3. The maximum Gasteiger partial charge on any atom is 0.213 e. The fourth-order valence-corrected chi connectivity index (χ4v) is 1.51. The van der Waals surface area contributed by atoms with E-state index in [0.717, 1.165) is 17.0 Å². The van der Waals surface area contributed by atoms with Gasteiger partial charge in [0, 0.05) is 11.3 Å². The van der Waals surface area contributed by atoms with E-state index in [1.165, 1.54) is 6.39 Å². The van der Waals surface area contributed by atoms with Gasteiger partial charge in [-0.3, -0.25) is 4.68 Å². The fraction of sp³-hybridized carbons (Fsp3) is 0.444. The minimum absolute atomic E-state index is 0.00388. The minimum atomic E-state index is 0.00388. The summed E-state index contributed by atoms with van der Waals surface area (Å²) in [5, 5.41) is 17.1. The van der Waals surface area contributed by atoms with Crippen LogP contribution in [-0.4, -0.2) is 25.0 Å². The van der Waals surface area contributed by atoms with Gasteiger partial charge in [-0.25, -0.2) is 0 Å². The zero-order valence-corrected chi connectivity index (χ0v) is 8.64. The summed E-state index contributed by atoms with van der Waals surface area (Å²) >= 11 is 0. The van der Waals surface area contributed by atoms with Crippen LogP contribution in [0.5, 0.6) is 0 Å². The summed E-state index contributed by atoms with van der Waals surface area (Å²) in [7, 11) is 0. The van der Waals surface area contributed by atoms with Crippen molar-refractivity contribution in [1.82, 2.24) is 19.9 Å². The Morgan fingerprint density at radius 3 is 2.80 bits per heavy atom. The quantitative estimate of drug-likeness (QED) is 0.791. The molecule has 0 amide bonds. The largest absolute Gasteiger partial charge is 0.392 e. The highest BCUT2D eigenvalue weighted by Crippen LogP contribution is 2.13. The third-order valence-electron chi connectivity index (χ3n) is 2.39. The SMILES string of the molecule is Cc1nn(Cc2ncon2)c(C)c1CO. The molecule has 0 unspecified atom stereocenters. The third kappa shape index (κ3) is 1.75. The normalized spacial score (nSPS) is 10.9. The molecule has 0 bridgehead atoms. The molecule has 0 radical (unpaired) electrons. The van der Waals surface area contributed by atoms with Crippen molar-refractivity contribution >= 4 is 0 Å². The number of hydrogen-bond donors (Lipinski definition) is 1. The molecule has 6 heteroatoms. The van der Waals surface area contributed by atoms with E-state index in [-0.39, 0.29) is 6.61 Å². The summed E-state index contributed by atoms with van der Waals surface area (Å²) in [5.74, 6) is 0.574. The summed E-state index contributed by atoms with van der Waals surface area (Å²) in [4.78, 5) is 3.92. The summed E-state index contributed by atoms with van der Waals surface area (Å²) in [6.07, 6.45) is 1.29. The van der Waals surface area contributed by atoms with Gasteiger partial charge < -0.3 is 9.63 Å². The number of nitrogens with zero attached hydrogens (tertiary/aromatic N) is 4. The average molecular weight is 208 g/mol. The van der Waals surface area contributed by atoms with Gasteiger partial charge in [0.05, 0.1) is 12.3 Å². The summed E-state index contributed by atoms with van der Waals surface area (Å²) < 4.78 is 6.39. The van der Waals surface area contributed by atoms with Crippen LogP contribution in [0.15, 0.2) is 10.9 Å². The van der Waals surface area contributed by atoms with Gasteiger partial charge in [0.15, 0.2) is 5.82 Å². The van der Waals surface area contributed by atoms with Crippen LogP contribution in [0, 0.1) is 13.8 Å². The Morgan fingerprint density at radius 1 is 1.47 bits per heavy atom. The lowest BCUT2D eigenvalue weighted by molar-refractivity contribution is 0.280. The zero-order chi connectivity index (χ0) is 10.8. The Labute approximate surface area is 86.5 Å². The van der Waals surface area contributed by atoms with Crippen molar-refractivity contribution in [2.45, 2.75) is 27.0 Å². The van der Waals surface area contributed by atoms with Gasteiger partial charge in [-0.1, -0.05) is 5.16 Å². The van der Waals surface area contributed by atoms with E-state index in [0.29, 0.717) is 12.4 Å². The van der Waals surface area contributed by atoms with Gasteiger partial charge in [-0.05, 0) is 13.8 Å². The molecule has 0 spiro atoms. The summed E-state index contributed by atoms with van der Waals surface area (Å²) in [6, 6.07) is 0. The maximum absolute atomic E-state index is 9.14. The highest BCUT2D eigenvalue weighted by molar-refractivity contribution is 5.23. The third-order valence-corrected chi connectivity index (χ3v) is 2.39. The predicted molar refractivity (Wildman–Crippen MR) is 51.0 cm³/mol.